The van der Waals surface area contributed by atoms with E-state index in [0.717, 1.165) is 5.56 Å². The van der Waals surface area contributed by atoms with E-state index in [1.54, 1.807) is 45.3 Å². The number of hydrogen-bond donors (Lipinski definition) is 1. The minimum Gasteiger partial charge on any atom is -0.493 e. The molecule has 0 spiro atoms. The number of ether oxygens (including phenoxy) is 3. The van der Waals surface area contributed by atoms with Crippen molar-refractivity contribution in [2.45, 2.75) is 6.54 Å². The summed E-state index contributed by atoms with van der Waals surface area (Å²) in [6.45, 7) is 0.303. The van der Waals surface area contributed by atoms with E-state index in [-0.39, 0.29) is 5.91 Å². The van der Waals surface area contributed by atoms with Crippen LogP contribution in [0.3, 0.4) is 0 Å². The molecule has 0 atom stereocenters. The molecule has 2 rings (SSSR count). The van der Waals surface area contributed by atoms with E-state index in [0.29, 0.717) is 29.4 Å². The smallest absolute Gasteiger partial charge is 0.254 e. The monoisotopic (exact) mass is 305 g/mol. The molecule has 0 saturated carbocycles. The fraction of sp³-hybridized carbons (Fsp3) is 0.333. The standard InChI is InChI=1S/C15H19N3O4/c1-18-9-11(8-17-18)15(19)16-7-10-5-6-12(20-2)14(22-4)13(10)21-3/h5-6,8-9H,7H2,1-4H3,(H,16,19). The van der Waals surface area contributed by atoms with Crippen LogP contribution in [-0.4, -0.2) is 37.0 Å². The SMILES string of the molecule is COc1ccc(CNC(=O)c2cnn(C)c2)c(OC)c1OC. The van der Waals surface area contributed by atoms with Gasteiger partial charge in [-0.3, -0.25) is 9.48 Å². The van der Waals surface area contributed by atoms with E-state index >= 15 is 0 Å². The summed E-state index contributed by atoms with van der Waals surface area (Å²) in [5.74, 6) is 1.40. The Balaban J connectivity index is 2.17. The maximum Gasteiger partial charge on any atom is 0.254 e. The van der Waals surface area contributed by atoms with Gasteiger partial charge in [0.2, 0.25) is 5.75 Å². The van der Waals surface area contributed by atoms with Gasteiger partial charge < -0.3 is 19.5 Å². The summed E-state index contributed by atoms with van der Waals surface area (Å²) < 4.78 is 17.5. The molecule has 0 bridgehead atoms. The number of hydrogen-bond acceptors (Lipinski definition) is 5. The molecule has 7 nitrogen and oxygen atoms in total. The van der Waals surface area contributed by atoms with Gasteiger partial charge in [-0.25, -0.2) is 0 Å². The van der Waals surface area contributed by atoms with Crippen molar-refractivity contribution in [1.29, 1.82) is 0 Å². The highest BCUT2D eigenvalue weighted by Crippen LogP contribution is 2.39. The van der Waals surface area contributed by atoms with Crippen LogP contribution >= 0.6 is 0 Å². The maximum absolute atomic E-state index is 12.0. The van der Waals surface area contributed by atoms with Gasteiger partial charge in [-0.15, -0.1) is 0 Å². The van der Waals surface area contributed by atoms with Crippen molar-refractivity contribution in [3.63, 3.8) is 0 Å². The highest BCUT2D eigenvalue weighted by atomic mass is 16.5. The Morgan fingerprint density at radius 3 is 2.45 bits per heavy atom. The van der Waals surface area contributed by atoms with Gasteiger partial charge in [0.1, 0.15) is 0 Å². The zero-order valence-electron chi connectivity index (χ0n) is 13.0. The van der Waals surface area contributed by atoms with Gasteiger partial charge in [-0.05, 0) is 12.1 Å². The number of carbonyl (C=O) groups is 1. The normalized spacial score (nSPS) is 10.2. The molecule has 1 aromatic heterocycles. The predicted octanol–water partition coefficient (Wildman–Crippen LogP) is 1.38. The Labute approximate surface area is 128 Å². The van der Waals surface area contributed by atoms with Crippen LogP contribution in [-0.2, 0) is 13.6 Å². The van der Waals surface area contributed by atoms with Crippen LogP contribution in [0, 0.1) is 0 Å². The lowest BCUT2D eigenvalue weighted by atomic mass is 10.1. The Morgan fingerprint density at radius 2 is 1.91 bits per heavy atom. The van der Waals surface area contributed by atoms with Crippen LogP contribution in [0.15, 0.2) is 24.5 Å². The molecule has 0 aliphatic heterocycles. The number of rotatable bonds is 6. The summed E-state index contributed by atoms with van der Waals surface area (Å²) in [7, 11) is 6.40. The zero-order chi connectivity index (χ0) is 16.1. The van der Waals surface area contributed by atoms with Crippen molar-refractivity contribution >= 4 is 5.91 Å². The third kappa shape index (κ3) is 3.13. The van der Waals surface area contributed by atoms with Gasteiger partial charge in [0, 0.05) is 25.4 Å². The van der Waals surface area contributed by atoms with Crippen molar-refractivity contribution in [2.24, 2.45) is 7.05 Å². The average molecular weight is 305 g/mol. The van der Waals surface area contributed by atoms with Crippen molar-refractivity contribution < 1.29 is 19.0 Å². The molecule has 0 radical (unpaired) electrons. The number of amides is 1. The van der Waals surface area contributed by atoms with Crippen molar-refractivity contribution in [3.05, 3.63) is 35.7 Å². The molecule has 1 heterocycles. The number of nitrogens with zero attached hydrogens (tertiary/aromatic N) is 2. The predicted molar refractivity (Wildman–Crippen MR) is 80.5 cm³/mol. The minimum atomic E-state index is -0.204. The van der Waals surface area contributed by atoms with Crippen LogP contribution in [0.4, 0.5) is 0 Å². The first-order valence-electron chi connectivity index (χ1n) is 6.65. The Morgan fingerprint density at radius 1 is 1.18 bits per heavy atom. The van der Waals surface area contributed by atoms with Gasteiger partial charge in [0.05, 0.1) is 33.1 Å². The van der Waals surface area contributed by atoms with Gasteiger partial charge in [-0.2, -0.15) is 5.10 Å². The lowest BCUT2D eigenvalue weighted by Gasteiger charge is -2.15. The molecule has 7 heteroatoms. The Bertz CT molecular complexity index is 667. The summed E-state index contributed by atoms with van der Waals surface area (Å²) >= 11 is 0. The number of nitrogens with one attached hydrogen (secondary N) is 1. The molecule has 118 valence electrons. The summed E-state index contributed by atoms with van der Waals surface area (Å²) in [6, 6.07) is 3.59. The molecule has 1 N–H and O–H groups in total. The van der Waals surface area contributed by atoms with Crippen molar-refractivity contribution in [3.8, 4) is 17.2 Å². The van der Waals surface area contributed by atoms with Gasteiger partial charge in [0.15, 0.2) is 11.5 Å². The summed E-state index contributed by atoms with van der Waals surface area (Å²) in [5.41, 5.74) is 1.29. The number of benzene rings is 1. The largest absolute Gasteiger partial charge is 0.493 e. The lowest BCUT2D eigenvalue weighted by molar-refractivity contribution is 0.0950. The van der Waals surface area contributed by atoms with Crippen molar-refractivity contribution in [2.75, 3.05) is 21.3 Å². The topological polar surface area (TPSA) is 74.6 Å². The average Bonchev–Trinajstić information content (AvgIpc) is 2.97. The summed E-state index contributed by atoms with van der Waals surface area (Å²) in [6.07, 6.45) is 3.17. The minimum absolute atomic E-state index is 0.204. The van der Waals surface area contributed by atoms with Gasteiger partial charge >= 0.3 is 0 Å². The zero-order valence-corrected chi connectivity index (χ0v) is 13.0. The second-order valence-corrected chi connectivity index (χ2v) is 4.58. The Kier molecular flexibility index (Phi) is 4.88. The van der Waals surface area contributed by atoms with Crippen LogP contribution in [0.25, 0.3) is 0 Å². The molecule has 1 aromatic carbocycles. The molecule has 0 saturated heterocycles. The van der Waals surface area contributed by atoms with Crippen LogP contribution < -0.4 is 19.5 Å². The fourth-order valence-electron chi connectivity index (χ4n) is 2.12. The number of carbonyl (C=O) groups excluding carboxylic acids is 1. The molecule has 0 fully saturated rings. The molecule has 0 aliphatic carbocycles. The summed E-state index contributed by atoms with van der Waals surface area (Å²) in [5, 5.41) is 6.79. The van der Waals surface area contributed by atoms with E-state index in [1.165, 1.54) is 6.20 Å². The molecule has 2 aromatic rings. The lowest BCUT2D eigenvalue weighted by Crippen LogP contribution is -2.22. The van der Waals surface area contributed by atoms with E-state index in [1.807, 2.05) is 6.07 Å². The van der Waals surface area contributed by atoms with E-state index < -0.39 is 0 Å². The number of aryl methyl sites for hydroxylation is 1. The molecule has 0 aliphatic rings. The molecular formula is C15H19N3O4. The quantitative estimate of drug-likeness (QED) is 0.872. The molecule has 22 heavy (non-hydrogen) atoms. The number of methoxy groups -OCH3 is 3. The first kappa shape index (κ1) is 15.7. The highest BCUT2D eigenvalue weighted by Gasteiger charge is 2.16. The highest BCUT2D eigenvalue weighted by molar-refractivity contribution is 5.93. The van der Waals surface area contributed by atoms with E-state index in [2.05, 4.69) is 10.4 Å². The number of aromatic nitrogens is 2. The van der Waals surface area contributed by atoms with E-state index in [9.17, 15) is 4.79 Å². The van der Waals surface area contributed by atoms with E-state index in [4.69, 9.17) is 14.2 Å². The van der Waals surface area contributed by atoms with Crippen LogP contribution in [0.1, 0.15) is 15.9 Å². The van der Waals surface area contributed by atoms with Gasteiger partial charge in [-0.1, -0.05) is 0 Å². The van der Waals surface area contributed by atoms with Gasteiger partial charge in [0.25, 0.3) is 5.91 Å². The maximum atomic E-state index is 12.0. The van der Waals surface area contributed by atoms with Crippen molar-refractivity contribution in [1.82, 2.24) is 15.1 Å². The summed E-state index contributed by atoms with van der Waals surface area (Å²) in [4.78, 5) is 12.0. The molecule has 0 unspecified atom stereocenters. The first-order chi connectivity index (χ1) is 10.6. The second-order valence-electron chi connectivity index (χ2n) is 4.58. The molecule has 1 amide bonds. The molecular weight excluding hydrogens is 286 g/mol. The fourth-order valence-corrected chi connectivity index (χ4v) is 2.12. The Hall–Kier alpha value is -2.70. The van der Waals surface area contributed by atoms with Crippen LogP contribution in [0.5, 0.6) is 17.2 Å². The first-order valence-corrected chi connectivity index (χ1v) is 6.65. The second kappa shape index (κ2) is 6.84. The third-order valence-corrected chi connectivity index (χ3v) is 3.19. The van der Waals surface area contributed by atoms with Crippen LogP contribution in [0.2, 0.25) is 0 Å². The third-order valence-electron chi connectivity index (χ3n) is 3.19.